The molecule has 1 unspecified atom stereocenters. The Balaban J connectivity index is 1.83. The van der Waals surface area contributed by atoms with Crippen LogP contribution in [0.25, 0.3) is 0 Å². The summed E-state index contributed by atoms with van der Waals surface area (Å²) in [5.41, 5.74) is 2.05. The molecule has 0 spiro atoms. The number of amides is 1. The number of hydrogen-bond acceptors (Lipinski definition) is 3. The normalized spacial score (nSPS) is 13.2. The lowest BCUT2D eigenvalue weighted by Crippen LogP contribution is -2.45. The molecule has 0 aromatic heterocycles. The highest BCUT2D eigenvalue weighted by Gasteiger charge is 2.18. The SMILES string of the molecule is Cc1ccc(S(=O)NC[C@@H](NC(=O)OCc2ccccc2)C(C)C)cc1. The van der Waals surface area contributed by atoms with E-state index in [2.05, 4.69) is 10.0 Å². The lowest BCUT2D eigenvalue weighted by molar-refractivity contribution is 0.133. The van der Waals surface area contributed by atoms with Crippen LogP contribution < -0.4 is 10.0 Å². The smallest absolute Gasteiger partial charge is 0.407 e. The fraction of sp³-hybridized carbons (Fsp3) is 0.350. The molecule has 0 bridgehead atoms. The Morgan fingerprint density at radius 3 is 2.35 bits per heavy atom. The zero-order valence-electron chi connectivity index (χ0n) is 15.4. The highest BCUT2D eigenvalue weighted by Crippen LogP contribution is 2.08. The molecule has 0 heterocycles. The van der Waals surface area contributed by atoms with Crippen LogP contribution in [0, 0.1) is 12.8 Å². The van der Waals surface area contributed by atoms with E-state index >= 15 is 0 Å². The van der Waals surface area contributed by atoms with E-state index in [4.69, 9.17) is 4.74 Å². The van der Waals surface area contributed by atoms with E-state index in [0.717, 1.165) is 11.1 Å². The maximum atomic E-state index is 12.3. The summed E-state index contributed by atoms with van der Waals surface area (Å²) in [4.78, 5) is 12.8. The number of alkyl carbamates (subject to hydrolysis) is 1. The quantitative estimate of drug-likeness (QED) is 0.742. The summed E-state index contributed by atoms with van der Waals surface area (Å²) >= 11 is 0. The molecule has 0 radical (unpaired) electrons. The first-order valence-corrected chi connectivity index (χ1v) is 9.80. The van der Waals surface area contributed by atoms with Crippen LogP contribution in [-0.2, 0) is 22.3 Å². The zero-order valence-corrected chi connectivity index (χ0v) is 16.2. The minimum Gasteiger partial charge on any atom is -0.445 e. The fourth-order valence-electron chi connectivity index (χ4n) is 2.28. The molecule has 2 atom stereocenters. The van der Waals surface area contributed by atoms with Crippen LogP contribution in [0.3, 0.4) is 0 Å². The van der Waals surface area contributed by atoms with Crippen LogP contribution in [0.1, 0.15) is 25.0 Å². The summed E-state index contributed by atoms with van der Waals surface area (Å²) in [6.07, 6.45) is -0.476. The molecule has 2 rings (SSSR count). The third kappa shape index (κ3) is 6.61. The summed E-state index contributed by atoms with van der Waals surface area (Å²) < 4.78 is 20.6. The highest BCUT2D eigenvalue weighted by atomic mass is 32.2. The summed E-state index contributed by atoms with van der Waals surface area (Å²) in [5, 5.41) is 2.84. The lowest BCUT2D eigenvalue weighted by Gasteiger charge is -2.22. The monoisotopic (exact) mass is 374 g/mol. The highest BCUT2D eigenvalue weighted by molar-refractivity contribution is 7.83. The van der Waals surface area contributed by atoms with E-state index in [0.29, 0.717) is 11.4 Å². The van der Waals surface area contributed by atoms with Gasteiger partial charge in [-0.1, -0.05) is 61.9 Å². The van der Waals surface area contributed by atoms with Gasteiger partial charge in [-0.05, 0) is 30.5 Å². The van der Waals surface area contributed by atoms with Crippen molar-refractivity contribution in [3.8, 4) is 0 Å². The number of ether oxygens (including phenoxy) is 1. The third-order valence-electron chi connectivity index (χ3n) is 3.99. The number of carbonyl (C=O) groups excluding carboxylic acids is 1. The molecule has 0 aliphatic heterocycles. The first kappa shape index (κ1) is 20.1. The van der Waals surface area contributed by atoms with Crippen LogP contribution >= 0.6 is 0 Å². The number of aryl methyl sites for hydroxylation is 1. The zero-order chi connectivity index (χ0) is 18.9. The van der Waals surface area contributed by atoms with Crippen LogP contribution in [-0.4, -0.2) is 22.9 Å². The maximum absolute atomic E-state index is 12.3. The average molecular weight is 375 g/mol. The molecule has 6 heteroatoms. The number of hydrogen-bond donors (Lipinski definition) is 2. The molecular formula is C20H26N2O3S. The average Bonchev–Trinajstić information content (AvgIpc) is 2.64. The van der Waals surface area contributed by atoms with Crippen LogP contribution in [0.4, 0.5) is 4.79 Å². The van der Waals surface area contributed by atoms with Crippen LogP contribution in [0.2, 0.25) is 0 Å². The predicted octanol–water partition coefficient (Wildman–Crippen LogP) is 3.56. The van der Waals surface area contributed by atoms with E-state index in [9.17, 15) is 9.00 Å². The number of nitrogens with one attached hydrogen (secondary N) is 2. The van der Waals surface area contributed by atoms with Gasteiger partial charge >= 0.3 is 6.09 Å². The first-order chi connectivity index (χ1) is 12.5. The molecule has 0 fully saturated rings. The van der Waals surface area contributed by atoms with Gasteiger partial charge in [-0.3, -0.25) is 0 Å². The molecule has 2 N–H and O–H groups in total. The number of benzene rings is 2. The van der Waals surface area contributed by atoms with Gasteiger partial charge in [0, 0.05) is 12.6 Å². The van der Waals surface area contributed by atoms with E-state index in [1.54, 1.807) is 0 Å². The van der Waals surface area contributed by atoms with Crippen LogP contribution in [0.15, 0.2) is 59.5 Å². The van der Waals surface area contributed by atoms with Crippen molar-refractivity contribution in [1.82, 2.24) is 10.0 Å². The standard InChI is InChI=1S/C20H26N2O3S/c1-15(2)19(13-21-26(24)18-11-9-16(3)10-12-18)22-20(23)25-14-17-7-5-4-6-8-17/h4-12,15,19,21H,13-14H2,1-3H3,(H,22,23)/t19-,26?/m1/s1. The Kier molecular flexibility index (Phi) is 7.81. The Morgan fingerprint density at radius 2 is 1.73 bits per heavy atom. The molecule has 140 valence electrons. The van der Waals surface area contributed by atoms with Crippen molar-refractivity contribution >= 4 is 17.1 Å². The van der Waals surface area contributed by atoms with Crippen LogP contribution in [0.5, 0.6) is 0 Å². The van der Waals surface area contributed by atoms with Crippen molar-refractivity contribution in [2.45, 2.75) is 38.3 Å². The van der Waals surface area contributed by atoms with E-state index in [1.165, 1.54) is 0 Å². The number of rotatable bonds is 8. The van der Waals surface area contributed by atoms with Gasteiger partial charge in [0.1, 0.15) is 17.6 Å². The molecule has 0 saturated heterocycles. The van der Waals surface area contributed by atoms with E-state index in [-0.39, 0.29) is 18.6 Å². The molecule has 26 heavy (non-hydrogen) atoms. The van der Waals surface area contributed by atoms with Crippen molar-refractivity contribution in [3.05, 3.63) is 65.7 Å². The lowest BCUT2D eigenvalue weighted by atomic mass is 10.1. The van der Waals surface area contributed by atoms with Gasteiger partial charge in [0.15, 0.2) is 0 Å². The van der Waals surface area contributed by atoms with Gasteiger partial charge in [-0.25, -0.2) is 13.7 Å². The van der Waals surface area contributed by atoms with Gasteiger partial charge in [0.2, 0.25) is 0 Å². The van der Waals surface area contributed by atoms with Crippen molar-refractivity contribution < 1.29 is 13.7 Å². The molecule has 5 nitrogen and oxygen atoms in total. The minimum absolute atomic E-state index is 0.168. The van der Waals surface area contributed by atoms with Crippen molar-refractivity contribution in [3.63, 3.8) is 0 Å². The van der Waals surface area contributed by atoms with Crippen molar-refractivity contribution in [2.24, 2.45) is 5.92 Å². The van der Waals surface area contributed by atoms with Gasteiger partial charge in [-0.15, -0.1) is 0 Å². The second kappa shape index (κ2) is 10.1. The Hall–Kier alpha value is -2.18. The minimum atomic E-state index is -1.32. The molecule has 2 aromatic carbocycles. The maximum Gasteiger partial charge on any atom is 0.407 e. The number of carbonyl (C=O) groups is 1. The van der Waals surface area contributed by atoms with E-state index in [1.807, 2.05) is 75.4 Å². The molecule has 1 amide bonds. The molecule has 0 aliphatic carbocycles. The van der Waals surface area contributed by atoms with Gasteiger partial charge < -0.3 is 10.1 Å². The Labute approximate surface area is 157 Å². The molecule has 0 saturated carbocycles. The summed E-state index contributed by atoms with van der Waals surface area (Å²) in [6, 6.07) is 16.9. The Bertz CT molecular complexity index is 718. The third-order valence-corrected chi connectivity index (χ3v) is 5.12. The van der Waals surface area contributed by atoms with Crippen molar-refractivity contribution in [1.29, 1.82) is 0 Å². The summed E-state index contributed by atoms with van der Waals surface area (Å²) in [5.74, 6) is 0.168. The largest absolute Gasteiger partial charge is 0.445 e. The topological polar surface area (TPSA) is 67.4 Å². The summed E-state index contributed by atoms with van der Waals surface area (Å²) in [6.45, 7) is 6.59. The molecule has 2 aromatic rings. The first-order valence-electron chi connectivity index (χ1n) is 8.65. The Morgan fingerprint density at radius 1 is 1.08 bits per heavy atom. The molecular weight excluding hydrogens is 348 g/mol. The fourth-order valence-corrected chi connectivity index (χ4v) is 3.16. The van der Waals surface area contributed by atoms with Crippen molar-refractivity contribution in [2.75, 3.05) is 6.54 Å². The van der Waals surface area contributed by atoms with Gasteiger partial charge in [-0.2, -0.15) is 0 Å². The van der Waals surface area contributed by atoms with Gasteiger partial charge in [0.05, 0.1) is 4.90 Å². The molecule has 0 aliphatic rings. The van der Waals surface area contributed by atoms with Gasteiger partial charge in [0.25, 0.3) is 0 Å². The second-order valence-corrected chi connectivity index (χ2v) is 7.78. The second-order valence-electron chi connectivity index (χ2n) is 6.49. The van der Waals surface area contributed by atoms with E-state index < -0.39 is 17.1 Å². The summed E-state index contributed by atoms with van der Waals surface area (Å²) in [7, 11) is -1.32. The predicted molar refractivity (Wildman–Crippen MR) is 104 cm³/mol.